The molecule has 1 aliphatic carbocycles. The fourth-order valence-electron chi connectivity index (χ4n) is 1.38. The molecule has 0 aromatic carbocycles. The number of hydrogen-bond donors (Lipinski definition) is 1. The third kappa shape index (κ3) is 3.41. The van der Waals surface area contributed by atoms with Gasteiger partial charge >= 0.3 is 0 Å². The van der Waals surface area contributed by atoms with Crippen LogP contribution in [0.4, 0.5) is 8.78 Å². The van der Waals surface area contributed by atoms with E-state index in [-0.39, 0.29) is 0 Å². The zero-order valence-electron chi connectivity index (χ0n) is 8.83. The molecule has 1 saturated carbocycles. The summed E-state index contributed by atoms with van der Waals surface area (Å²) in [6, 6.07) is 2.19. The molecule has 0 spiro atoms. The molecule has 0 saturated heterocycles. The molecule has 0 atom stereocenters. The Morgan fingerprint density at radius 2 is 2.31 bits per heavy atom. The van der Waals surface area contributed by atoms with Crippen LogP contribution in [0.3, 0.4) is 0 Å². The standard InChI is InChI=1S/C11H14F2N2O/c12-11(13)7-16-10-3-4-14-5-8(10)6-15-9-1-2-9/h3-5,9,11,15H,1-2,6-7H2. The van der Waals surface area contributed by atoms with Gasteiger partial charge in [-0.1, -0.05) is 0 Å². The maximum atomic E-state index is 12.0. The number of nitrogens with zero attached hydrogens (tertiary/aromatic N) is 1. The number of halogens is 2. The second-order valence-electron chi connectivity index (χ2n) is 3.84. The van der Waals surface area contributed by atoms with Crippen LogP contribution in [0.25, 0.3) is 0 Å². The SMILES string of the molecule is FC(F)COc1ccncc1CNC1CC1. The molecule has 2 rings (SSSR count). The van der Waals surface area contributed by atoms with Crippen molar-refractivity contribution in [2.24, 2.45) is 0 Å². The van der Waals surface area contributed by atoms with Gasteiger partial charge in [-0.15, -0.1) is 0 Å². The Morgan fingerprint density at radius 3 is 3.00 bits per heavy atom. The molecular formula is C11H14F2N2O. The predicted octanol–water partition coefficient (Wildman–Crippen LogP) is 1.98. The van der Waals surface area contributed by atoms with Gasteiger partial charge in [0.05, 0.1) is 0 Å². The highest BCUT2D eigenvalue weighted by molar-refractivity contribution is 5.30. The van der Waals surface area contributed by atoms with Gasteiger partial charge < -0.3 is 10.1 Å². The minimum absolute atomic E-state index is 0.489. The molecular weight excluding hydrogens is 214 g/mol. The van der Waals surface area contributed by atoms with Crippen LogP contribution in [0, 0.1) is 0 Å². The summed E-state index contributed by atoms with van der Waals surface area (Å²) < 4.78 is 29.1. The number of aromatic nitrogens is 1. The van der Waals surface area contributed by atoms with E-state index in [1.807, 2.05) is 0 Å². The highest BCUT2D eigenvalue weighted by atomic mass is 19.3. The van der Waals surface area contributed by atoms with Crippen molar-refractivity contribution in [3.05, 3.63) is 24.0 Å². The van der Waals surface area contributed by atoms with Crippen LogP contribution in [-0.2, 0) is 6.54 Å². The summed E-state index contributed by atoms with van der Waals surface area (Å²) in [5, 5.41) is 3.29. The van der Waals surface area contributed by atoms with E-state index in [2.05, 4.69) is 10.3 Å². The average Bonchev–Trinajstić information content (AvgIpc) is 3.08. The average molecular weight is 228 g/mol. The lowest BCUT2D eigenvalue weighted by Gasteiger charge is -2.10. The molecule has 1 aromatic rings. The molecule has 1 aliphatic rings. The smallest absolute Gasteiger partial charge is 0.272 e. The van der Waals surface area contributed by atoms with E-state index in [9.17, 15) is 8.78 Å². The van der Waals surface area contributed by atoms with Gasteiger partial charge in [-0.25, -0.2) is 8.78 Å². The van der Waals surface area contributed by atoms with Gasteiger partial charge in [0.1, 0.15) is 12.4 Å². The van der Waals surface area contributed by atoms with Crippen molar-refractivity contribution in [3.8, 4) is 5.75 Å². The molecule has 0 bridgehead atoms. The number of pyridine rings is 1. The molecule has 1 aromatic heterocycles. The third-order valence-corrected chi connectivity index (χ3v) is 2.38. The molecule has 3 nitrogen and oxygen atoms in total. The highest BCUT2D eigenvalue weighted by Gasteiger charge is 2.20. The Balaban J connectivity index is 1.92. The van der Waals surface area contributed by atoms with Crippen LogP contribution < -0.4 is 10.1 Å². The van der Waals surface area contributed by atoms with Crippen LogP contribution in [0.15, 0.2) is 18.5 Å². The molecule has 5 heteroatoms. The summed E-state index contributed by atoms with van der Waals surface area (Å²) in [5.74, 6) is 0.489. The van der Waals surface area contributed by atoms with Gasteiger partial charge in [0.25, 0.3) is 6.43 Å². The quantitative estimate of drug-likeness (QED) is 0.808. The lowest BCUT2D eigenvalue weighted by molar-refractivity contribution is 0.0813. The second-order valence-corrected chi connectivity index (χ2v) is 3.84. The summed E-state index contributed by atoms with van der Waals surface area (Å²) in [4.78, 5) is 3.96. The second kappa shape index (κ2) is 5.21. The van der Waals surface area contributed by atoms with Gasteiger partial charge in [0.15, 0.2) is 0 Å². The molecule has 1 N–H and O–H groups in total. The summed E-state index contributed by atoms with van der Waals surface area (Å²) in [6.07, 6.45) is 3.12. The van der Waals surface area contributed by atoms with E-state index in [0.29, 0.717) is 18.3 Å². The molecule has 1 heterocycles. The first-order valence-electron chi connectivity index (χ1n) is 5.33. The van der Waals surface area contributed by atoms with Crippen molar-refractivity contribution in [1.82, 2.24) is 10.3 Å². The van der Waals surface area contributed by atoms with Crippen LogP contribution in [-0.4, -0.2) is 24.1 Å². The van der Waals surface area contributed by atoms with Crippen molar-refractivity contribution >= 4 is 0 Å². The first-order valence-corrected chi connectivity index (χ1v) is 5.33. The van der Waals surface area contributed by atoms with Gasteiger partial charge in [0.2, 0.25) is 0 Å². The minimum Gasteiger partial charge on any atom is -0.487 e. The Hall–Kier alpha value is -1.23. The van der Waals surface area contributed by atoms with Gasteiger partial charge in [-0.3, -0.25) is 4.98 Å². The van der Waals surface area contributed by atoms with Gasteiger partial charge in [-0.2, -0.15) is 0 Å². The molecule has 0 amide bonds. The molecule has 1 fully saturated rings. The summed E-state index contributed by atoms with van der Waals surface area (Å²) in [5.41, 5.74) is 0.829. The number of nitrogens with one attached hydrogen (secondary N) is 1. The summed E-state index contributed by atoms with van der Waals surface area (Å²) in [6.45, 7) is 0.0531. The lowest BCUT2D eigenvalue weighted by Crippen LogP contribution is -2.17. The first kappa shape index (κ1) is 11.3. The topological polar surface area (TPSA) is 34.1 Å². The van der Waals surface area contributed by atoms with Crippen molar-refractivity contribution in [3.63, 3.8) is 0 Å². The fraction of sp³-hybridized carbons (Fsp3) is 0.545. The predicted molar refractivity (Wildman–Crippen MR) is 55.6 cm³/mol. The third-order valence-electron chi connectivity index (χ3n) is 2.38. The van der Waals surface area contributed by atoms with E-state index >= 15 is 0 Å². The van der Waals surface area contributed by atoms with E-state index in [1.165, 1.54) is 12.8 Å². The lowest BCUT2D eigenvalue weighted by atomic mass is 10.2. The Kier molecular flexibility index (Phi) is 3.66. The Bertz CT molecular complexity index is 318. The van der Waals surface area contributed by atoms with Crippen LogP contribution >= 0.6 is 0 Å². The molecule has 0 unspecified atom stereocenters. The number of ether oxygens (including phenoxy) is 1. The van der Waals surface area contributed by atoms with E-state index in [1.54, 1.807) is 18.5 Å². The summed E-state index contributed by atoms with van der Waals surface area (Å²) in [7, 11) is 0. The Morgan fingerprint density at radius 1 is 1.50 bits per heavy atom. The van der Waals surface area contributed by atoms with Gasteiger partial charge in [-0.05, 0) is 18.9 Å². The zero-order chi connectivity index (χ0) is 11.4. The minimum atomic E-state index is -2.45. The highest BCUT2D eigenvalue weighted by Crippen LogP contribution is 2.22. The monoisotopic (exact) mass is 228 g/mol. The maximum Gasteiger partial charge on any atom is 0.272 e. The first-order chi connectivity index (χ1) is 7.75. The van der Waals surface area contributed by atoms with E-state index in [0.717, 1.165) is 5.56 Å². The molecule has 16 heavy (non-hydrogen) atoms. The van der Waals surface area contributed by atoms with Crippen molar-refractivity contribution in [2.45, 2.75) is 31.9 Å². The van der Waals surface area contributed by atoms with Crippen LogP contribution in [0.5, 0.6) is 5.75 Å². The van der Waals surface area contributed by atoms with Crippen LogP contribution in [0.2, 0.25) is 0 Å². The molecule has 0 aliphatic heterocycles. The van der Waals surface area contributed by atoms with Crippen LogP contribution in [0.1, 0.15) is 18.4 Å². The normalized spacial score (nSPS) is 15.4. The fourth-order valence-corrected chi connectivity index (χ4v) is 1.38. The maximum absolute atomic E-state index is 12.0. The molecule has 0 radical (unpaired) electrons. The number of hydrogen-bond acceptors (Lipinski definition) is 3. The van der Waals surface area contributed by atoms with Crippen molar-refractivity contribution in [1.29, 1.82) is 0 Å². The van der Waals surface area contributed by atoms with Crippen molar-refractivity contribution in [2.75, 3.05) is 6.61 Å². The molecule has 88 valence electrons. The van der Waals surface area contributed by atoms with Crippen molar-refractivity contribution < 1.29 is 13.5 Å². The largest absolute Gasteiger partial charge is 0.487 e. The van der Waals surface area contributed by atoms with E-state index < -0.39 is 13.0 Å². The summed E-state index contributed by atoms with van der Waals surface area (Å²) >= 11 is 0. The van der Waals surface area contributed by atoms with Gasteiger partial charge in [0, 0.05) is 30.5 Å². The Labute approximate surface area is 92.8 Å². The number of alkyl halides is 2. The zero-order valence-corrected chi connectivity index (χ0v) is 8.83. The van der Waals surface area contributed by atoms with E-state index in [4.69, 9.17) is 4.74 Å². The number of rotatable bonds is 6.